The molecule has 0 fully saturated rings. The van der Waals surface area contributed by atoms with Crippen LogP contribution >= 0.6 is 0 Å². The zero-order valence-electron chi connectivity index (χ0n) is 8.67. The smallest absolute Gasteiger partial charge is 0.0929 e. The molecule has 0 spiro atoms. The van der Waals surface area contributed by atoms with E-state index in [0.717, 1.165) is 22.3 Å². The van der Waals surface area contributed by atoms with E-state index in [4.69, 9.17) is 5.73 Å². The Labute approximate surface area is 93.1 Å². The summed E-state index contributed by atoms with van der Waals surface area (Å²) in [5.41, 5.74) is 8.51. The summed E-state index contributed by atoms with van der Waals surface area (Å²) in [5, 5.41) is 5.54. The van der Waals surface area contributed by atoms with Gasteiger partial charge >= 0.3 is 0 Å². The molecule has 0 saturated heterocycles. The minimum absolute atomic E-state index is 0.764. The van der Waals surface area contributed by atoms with Crippen molar-refractivity contribution in [3.63, 3.8) is 0 Å². The highest BCUT2D eigenvalue weighted by Crippen LogP contribution is 2.18. The third-order valence-corrected chi connectivity index (χ3v) is 2.55. The average Bonchev–Trinajstić information content (AvgIpc) is 2.73. The standard InChI is InChI=1S/C13H11N3/c14-11-6-7-13-10(8-11)9-16(15-13)12-4-2-1-3-5-12/h1-9H,14H2. The van der Waals surface area contributed by atoms with E-state index in [9.17, 15) is 0 Å². The van der Waals surface area contributed by atoms with Gasteiger partial charge in [0.05, 0.1) is 11.2 Å². The van der Waals surface area contributed by atoms with E-state index in [1.807, 2.05) is 59.4 Å². The summed E-state index contributed by atoms with van der Waals surface area (Å²) in [6.45, 7) is 0. The summed E-state index contributed by atoms with van der Waals surface area (Å²) in [6.07, 6.45) is 1.99. The van der Waals surface area contributed by atoms with Gasteiger partial charge < -0.3 is 5.73 Å². The van der Waals surface area contributed by atoms with Crippen molar-refractivity contribution in [1.29, 1.82) is 0 Å². The molecule has 2 N–H and O–H groups in total. The Balaban J connectivity index is 2.19. The highest BCUT2D eigenvalue weighted by Gasteiger charge is 2.01. The van der Waals surface area contributed by atoms with Gasteiger partial charge in [0.15, 0.2) is 0 Å². The highest BCUT2D eigenvalue weighted by molar-refractivity contribution is 5.81. The van der Waals surface area contributed by atoms with Gasteiger partial charge in [0.2, 0.25) is 0 Å². The van der Waals surface area contributed by atoms with E-state index in [1.54, 1.807) is 0 Å². The number of nitrogens with zero attached hydrogens (tertiary/aromatic N) is 2. The van der Waals surface area contributed by atoms with Gasteiger partial charge in [-0.3, -0.25) is 0 Å². The van der Waals surface area contributed by atoms with Crippen molar-refractivity contribution in [3.8, 4) is 5.69 Å². The van der Waals surface area contributed by atoms with E-state index in [-0.39, 0.29) is 0 Å². The Kier molecular flexibility index (Phi) is 1.90. The van der Waals surface area contributed by atoms with Crippen LogP contribution in [0.4, 0.5) is 5.69 Å². The fourth-order valence-electron chi connectivity index (χ4n) is 1.76. The number of fused-ring (bicyclic) bond motifs is 1. The second kappa shape index (κ2) is 3.38. The monoisotopic (exact) mass is 209 g/mol. The zero-order valence-corrected chi connectivity index (χ0v) is 8.67. The molecule has 0 aliphatic heterocycles. The van der Waals surface area contributed by atoms with Crippen molar-refractivity contribution in [2.75, 3.05) is 5.73 Å². The lowest BCUT2D eigenvalue weighted by molar-refractivity contribution is 0.896. The molecule has 0 radical (unpaired) electrons. The molecule has 3 rings (SSSR count). The lowest BCUT2D eigenvalue weighted by Crippen LogP contribution is -1.92. The fraction of sp³-hybridized carbons (Fsp3) is 0. The third-order valence-electron chi connectivity index (χ3n) is 2.55. The molecule has 3 nitrogen and oxygen atoms in total. The van der Waals surface area contributed by atoms with E-state index in [0.29, 0.717) is 0 Å². The maximum absolute atomic E-state index is 5.73. The molecule has 0 aliphatic carbocycles. The van der Waals surface area contributed by atoms with Crippen LogP contribution in [0.3, 0.4) is 0 Å². The predicted octanol–water partition coefficient (Wildman–Crippen LogP) is 2.61. The van der Waals surface area contributed by atoms with Crippen molar-refractivity contribution < 1.29 is 0 Å². The molecule has 0 saturated carbocycles. The maximum Gasteiger partial charge on any atom is 0.0929 e. The Bertz CT molecular complexity index is 626. The van der Waals surface area contributed by atoms with Crippen LogP contribution in [0, 0.1) is 0 Å². The second-order valence-corrected chi connectivity index (χ2v) is 3.73. The van der Waals surface area contributed by atoms with Gasteiger partial charge in [-0.2, -0.15) is 5.10 Å². The summed E-state index contributed by atoms with van der Waals surface area (Å²) < 4.78 is 1.87. The summed E-state index contributed by atoms with van der Waals surface area (Å²) in [4.78, 5) is 0. The molecule has 16 heavy (non-hydrogen) atoms. The molecule has 3 aromatic rings. The van der Waals surface area contributed by atoms with Crippen LogP contribution in [0.1, 0.15) is 0 Å². The van der Waals surface area contributed by atoms with E-state index < -0.39 is 0 Å². The lowest BCUT2D eigenvalue weighted by Gasteiger charge is -1.98. The summed E-state index contributed by atoms with van der Waals surface area (Å²) in [6, 6.07) is 15.8. The predicted molar refractivity (Wildman–Crippen MR) is 65.5 cm³/mol. The zero-order chi connectivity index (χ0) is 11.0. The van der Waals surface area contributed by atoms with Crippen LogP contribution in [0.2, 0.25) is 0 Å². The number of nitrogen functional groups attached to an aromatic ring is 1. The van der Waals surface area contributed by atoms with Crippen LogP contribution in [0.25, 0.3) is 16.6 Å². The molecule has 2 aromatic carbocycles. The van der Waals surface area contributed by atoms with Gasteiger partial charge in [-0.1, -0.05) is 18.2 Å². The first kappa shape index (κ1) is 8.97. The van der Waals surface area contributed by atoms with Gasteiger partial charge in [-0.05, 0) is 30.3 Å². The summed E-state index contributed by atoms with van der Waals surface area (Å²) >= 11 is 0. The quantitative estimate of drug-likeness (QED) is 0.626. The number of hydrogen-bond acceptors (Lipinski definition) is 2. The Morgan fingerprint density at radius 3 is 2.62 bits per heavy atom. The van der Waals surface area contributed by atoms with Gasteiger partial charge in [-0.25, -0.2) is 4.68 Å². The Morgan fingerprint density at radius 2 is 1.81 bits per heavy atom. The molecule has 1 aromatic heterocycles. The minimum Gasteiger partial charge on any atom is -0.399 e. The molecule has 0 unspecified atom stereocenters. The minimum atomic E-state index is 0.764. The van der Waals surface area contributed by atoms with Crippen LogP contribution in [-0.2, 0) is 0 Å². The number of para-hydroxylation sites is 1. The summed E-state index contributed by atoms with van der Waals surface area (Å²) in [5.74, 6) is 0. The number of nitrogens with two attached hydrogens (primary N) is 1. The van der Waals surface area contributed by atoms with Crippen LogP contribution in [0.5, 0.6) is 0 Å². The molecular weight excluding hydrogens is 198 g/mol. The van der Waals surface area contributed by atoms with E-state index in [2.05, 4.69) is 5.10 Å². The number of benzene rings is 2. The Morgan fingerprint density at radius 1 is 1.00 bits per heavy atom. The molecular formula is C13H11N3. The molecule has 1 heterocycles. The maximum atomic E-state index is 5.73. The number of rotatable bonds is 1. The largest absolute Gasteiger partial charge is 0.399 e. The van der Waals surface area contributed by atoms with E-state index in [1.165, 1.54) is 0 Å². The fourth-order valence-corrected chi connectivity index (χ4v) is 1.76. The molecule has 0 aliphatic rings. The van der Waals surface area contributed by atoms with Crippen LogP contribution in [-0.4, -0.2) is 9.78 Å². The first-order valence-electron chi connectivity index (χ1n) is 5.13. The number of hydrogen-bond donors (Lipinski definition) is 1. The van der Waals surface area contributed by atoms with Crippen molar-refractivity contribution >= 4 is 16.6 Å². The van der Waals surface area contributed by atoms with Gasteiger partial charge in [0.25, 0.3) is 0 Å². The van der Waals surface area contributed by atoms with Crippen LogP contribution in [0.15, 0.2) is 54.7 Å². The Hall–Kier alpha value is -2.29. The SMILES string of the molecule is Nc1ccc2nn(-c3ccccc3)cc2c1. The molecule has 3 heteroatoms. The van der Waals surface area contributed by atoms with Gasteiger partial charge in [0, 0.05) is 17.3 Å². The first-order valence-corrected chi connectivity index (χ1v) is 5.13. The van der Waals surface area contributed by atoms with Gasteiger partial charge in [0.1, 0.15) is 0 Å². The lowest BCUT2D eigenvalue weighted by atomic mass is 10.2. The van der Waals surface area contributed by atoms with E-state index >= 15 is 0 Å². The van der Waals surface area contributed by atoms with Crippen molar-refractivity contribution in [3.05, 3.63) is 54.7 Å². The highest BCUT2D eigenvalue weighted by atomic mass is 15.3. The molecule has 0 atom stereocenters. The molecule has 0 amide bonds. The number of aromatic nitrogens is 2. The normalized spacial score (nSPS) is 10.8. The number of anilines is 1. The van der Waals surface area contributed by atoms with Crippen LogP contribution < -0.4 is 5.73 Å². The molecule has 78 valence electrons. The van der Waals surface area contributed by atoms with Crippen molar-refractivity contribution in [2.24, 2.45) is 0 Å². The topological polar surface area (TPSA) is 43.8 Å². The first-order chi connectivity index (χ1) is 7.83. The van der Waals surface area contributed by atoms with Crippen molar-refractivity contribution in [2.45, 2.75) is 0 Å². The third kappa shape index (κ3) is 1.42. The van der Waals surface area contributed by atoms with Gasteiger partial charge in [-0.15, -0.1) is 0 Å². The van der Waals surface area contributed by atoms with Crippen molar-refractivity contribution in [1.82, 2.24) is 9.78 Å². The second-order valence-electron chi connectivity index (χ2n) is 3.73. The average molecular weight is 209 g/mol. The summed E-state index contributed by atoms with van der Waals surface area (Å²) in [7, 11) is 0. The molecule has 0 bridgehead atoms.